The van der Waals surface area contributed by atoms with Crippen LogP contribution in [-0.2, 0) is 11.3 Å². The lowest BCUT2D eigenvalue weighted by atomic mass is 9.89. The number of carbonyl (C=O) groups is 1. The predicted octanol–water partition coefficient (Wildman–Crippen LogP) is 7.70. The predicted molar refractivity (Wildman–Crippen MR) is 168 cm³/mol. The highest BCUT2D eigenvalue weighted by Crippen LogP contribution is 2.51. The van der Waals surface area contributed by atoms with Crippen molar-refractivity contribution in [3.63, 3.8) is 0 Å². The minimum Gasteiger partial charge on any atom is -0.493 e. The normalized spacial score (nSPS) is 15.1. The van der Waals surface area contributed by atoms with E-state index >= 15 is 0 Å². The van der Waals surface area contributed by atoms with Crippen LogP contribution < -0.4 is 23.7 Å². The molecule has 5 rings (SSSR count). The van der Waals surface area contributed by atoms with Gasteiger partial charge in [0, 0.05) is 36.8 Å². The van der Waals surface area contributed by atoms with Gasteiger partial charge < -0.3 is 28.4 Å². The number of rotatable bonds is 12. The van der Waals surface area contributed by atoms with Crippen molar-refractivity contribution in [2.75, 3.05) is 50.7 Å². The molecule has 214 valence electrons. The van der Waals surface area contributed by atoms with Crippen molar-refractivity contribution in [3.8, 4) is 39.9 Å². The first-order valence-corrected chi connectivity index (χ1v) is 16.7. The summed E-state index contributed by atoms with van der Waals surface area (Å²) in [5, 5.41) is 2.78. The van der Waals surface area contributed by atoms with Gasteiger partial charge in [0.2, 0.25) is 12.5 Å². The smallest absolute Gasteiger partial charge is 0.339 e. The molecule has 0 radical (unpaired) electrons. The van der Waals surface area contributed by atoms with Gasteiger partial charge in [-0.05, 0) is 60.1 Å². The van der Waals surface area contributed by atoms with Crippen LogP contribution >= 0.6 is 55.4 Å². The SMILES string of the molecule is COc1cc(-c2c3c(c(SCCCSCC(C)(Br)CBr)c4cc5c(cc24)OCO5)COC3=O)cc(OC)c1OC. The fourth-order valence-electron chi connectivity index (χ4n) is 4.82. The van der Waals surface area contributed by atoms with E-state index in [1.54, 1.807) is 33.1 Å². The molecule has 0 spiro atoms. The summed E-state index contributed by atoms with van der Waals surface area (Å²) < 4.78 is 34.0. The van der Waals surface area contributed by atoms with E-state index in [0.29, 0.717) is 34.3 Å². The minimum atomic E-state index is -0.345. The molecule has 0 aliphatic carbocycles. The molecule has 0 N–H and O–H groups in total. The highest BCUT2D eigenvalue weighted by Gasteiger charge is 2.33. The van der Waals surface area contributed by atoms with E-state index in [9.17, 15) is 4.79 Å². The molecule has 3 aromatic rings. The Morgan fingerprint density at radius 2 is 1.60 bits per heavy atom. The number of fused-ring (bicyclic) bond motifs is 3. The summed E-state index contributed by atoms with van der Waals surface area (Å²) in [6.07, 6.45) is 1.03. The maximum absolute atomic E-state index is 13.3. The average Bonchev–Trinajstić information content (AvgIpc) is 3.58. The number of cyclic esters (lactones) is 1. The number of alkyl halides is 2. The van der Waals surface area contributed by atoms with Crippen molar-refractivity contribution in [1.29, 1.82) is 0 Å². The van der Waals surface area contributed by atoms with E-state index in [-0.39, 0.29) is 23.7 Å². The third-order valence-electron chi connectivity index (χ3n) is 6.72. The quantitative estimate of drug-likeness (QED) is 0.0813. The topological polar surface area (TPSA) is 72.5 Å². The van der Waals surface area contributed by atoms with Crippen molar-refractivity contribution >= 4 is 72.1 Å². The monoisotopic (exact) mass is 712 g/mol. The molecule has 0 fully saturated rings. The Morgan fingerprint density at radius 1 is 0.925 bits per heavy atom. The molecule has 40 heavy (non-hydrogen) atoms. The number of hydrogen-bond donors (Lipinski definition) is 0. The van der Waals surface area contributed by atoms with Gasteiger partial charge in [0.15, 0.2) is 23.0 Å². The molecule has 2 aliphatic heterocycles. The van der Waals surface area contributed by atoms with E-state index in [0.717, 1.165) is 61.4 Å². The van der Waals surface area contributed by atoms with Crippen molar-refractivity contribution in [2.24, 2.45) is 0 Å². The van der Waals surface area contributed by atoms with Gasteiger partial charge in [-0.15, -0.1) is 11.8 Å². The van der Waals surface area contributed by atoms with Crippen molar-refractivity contribution in [1.82, 2.24) is 0 Å². The Labute approximate surface area is 259 Å². The molecule has 2 heterocycles. The van der Waals surface area contributed by atoms with Gasteiger partial charge in [-0.1, -0.05) is 31.9 Å². The highest BCUT2D eigenvalue weighted by molar-refractivity contribution is 9.12. The molecule has 7 nitrogen and oxygen atoms in total. The summed E-state index contributed by atoms with van der Waals surface area (Å²) in [5.41, 5.74) is 2.96. The first-order valence-electron chi connectivity index (χ1n) is 12.7. The zero-order valence-corrected chi connectivity index (χ0v) is 27.5. The lowest BCUT2D eigenvalue weighted by Gasteiger charge is -2.19. The van der Waals surface area contributed by atoms with Crippen molar-refractivity contribution in [2.45, 2.75) is 29.2 Å². The Bertz CT molecular complexity index is 1420. The number of thioether (sulfide) groups is 2. The van der Waals surface area contributed by atoms with Gasteiger partial charge in [-0.25, -0.2) is 4.79 Å². The standard InChI is InChI=1S/C29H30Br2O7S2/c1-29(31,13-30)14-39-6-5-7-40-27-18-11-21-20(37-15-38-21)10-17(18)24(25-19(27)12-36-28(25)32)16-8-22(33-2)26(35-4)23(9-16)34-3/h8-11H,5-7,12-15H2,1-4H3. The van der Waals surface area contributed by atoms with Crippen molar-refractivity contribution < 1.29 is 33.2 Å². The Kier molecular flexibility index (Phi) is 9.24. The molecule has 11 heteroatoms. The van der Waals surface area contributed by atoms with Crippen LogP contribution in [0.3, 0.4) is 0 Å². The van der Waals surface area contributed by atoms with Crippen LogP contribution in [0.25, 0.3) is 21.9 Å². The summed E-state index contributed by atoms with van der Waals surface area (Å²) in [4.78, 5) is 14.3. The Hall–Kier alpha value is -1.95. The van der Waals surface area contributed by atoms with Gasteiger partial charge in [-0.2, -0.15) is 11.8 Å². The third-order valence-corrected chi connectivity index (χ3v) is 12.3. The second kappa shape index (κ2) is 12.5. The number of halogens is 2. The number of hydrogen-bond acceptors (Lipinski definition) is 9. The summed E-state index contributed by atoms with van der Waals surface area (Å²) >= 11 is 11.0. The second-order valence-electron chi connectivity index (χ2n) is 9.60. The van der Waals surface area contributed by atoms with Gasteiger partial charge >= 0.3 is 5.97 Å². The largest absolute Gasteiger partial charge is 0.493 e. The first-order chi connectivity index (χ1) is 19.3. The van der Waals surface area contributed by atoms with Gasteiger partial charge in [-0.3, -0.25) is 0 Å². The molecule has 0 bridgehead atoms. The lowest BCUT2D eigenvalue weighted by molar-refractivity contribution is 0.0534. The highest BCUT2D eigenvalue weighted by atomic mass is 79.9. The first kappa shape index (κ1) is 29.5. The number of methoxy groups -OCH3 is 3. The van der Waals surface area contributed by atoms with Crippen LogP contribution in [0.1, 0.15) is 29.3 Å². The molecular weight excluding hydrogens is 684 g/mol. The van der Waals surface area contributed by atoms with Crippen LogP contribution in [0.15, 0.2) is 29.2 Å². The van der Waals surface area contributed by atoms with Gasteiger partial charge in [0.1, 0.15) is 6.61 Å². The molecule has 2 aliphatic rings. The fourth-order valence-corrected chi connectivity index (χ4v) is 8.12. The minimum absolute atomic E-state index is 0.0879. The van der Waals surface area contributed by atoms with Crippen LogP contribution in [0.4, 0.5) is 0 Å². The maximum atomic E-state index is 13.3. The molecule has 0 saturated heterocycles. The summed E-state index contributed by atoms with van der Waals surface area (Å²) in [6, 6.07) is 7.70. The maximum Gasteiger partial charge on any atom is 0.339 e. The zero-order valence-electron chi connectivity index (χ0n) is 22.7. The molecule has 3 aromatic carbocycles. The number of esters is 1. The fraction of sp³-hybridized carbons (Fsp3) is 0.414. The average molecular weight is 714 g/mol. The Morgan fingerprint density at radius 3 is 2.23 bits per heavy atom. The molecule has 0 aromatic heterocycles. The summed E-state index contributed by atoms with van der Waals surface area (Å²) in [7, 11) is 4.72. The van der Waals surface area contributed by atoms with Crippen molar-refractivity contribution in [3.05, 3.63) is 35.4 Å². The number of benzene rings is 3. The van der Waals surface area contributed by atoms with Gasteiger partial charge in [0.05, 0.1) is 26.9 Å². The van der Waals surface area contributed by atoms with Crippen LogP contribution in [0, 0.1) is 0 Å². The van der Waals surface area contributed by atoms with Crippen LogP contribution in [0.2, 0.25) is 0 Å². The molecule has 0 amide bonds. The zero-order chi connectivity index (χ0) is 28.4. The van der Waals surface area contributed by atoms with Crippen LogP contribution in [-0.4, -0.2) is 61.0 Å². The number of carbonyl (C=O) groups excluding carboxylic acids is 1. The Balaban J connectivity index is 1.60. The van der Waals surface area contributed by atoms with E-state index in [2.05, 4.69) is 38.8 Å². The molecule has 1 unspecified atom stereocenters. The van der Waals surface area contributed by atoms with E-state index < -0.39 is 0 Å². The lowest BCUT2D eigenvalue weighted by Crippen LogP contribution is -2.20. The molecule has 0 saturated carbocycles. The summed E-state index contributed by atoms with van der Waals surface area (Å²) in [5.74, 6) is 5.46. The second-order valence-corrected chi connectivity index (χ2v) is 14.3. The number of ether oxygens (including phenoxy) is 6. The molecular formula is C29H30Br2O7S2. The summed E-state index contributed by atoms with van der Waals surface area (Å²) in [6.45, 7) is 2.57. The molecule has 1 atom stereocenters. The van der Waals surface area contributed by atoms with E-state index in [1.807, 2.05) is 36.0 Å². The van der Waals surface area contributed by atoms with E-state index in [4.69, 9.17) is 28.4 Å². The van der Waals surface area contributed by atoms with Crippen LogP contribution in [0.5, 0.6) is 28.7 Å². The van der Waals surface area contributed by atoms with E-state index in [1.165, 1.54) is 0 Å². The van der Waals surface area contributed by atoms with Gasteiger partial charge in [0.25, 0.3) is 0 Å². The third kappa shape index (κ3) is 5.71.